The van der Waals surface area contributed by atoms with Crippen molar-refractivity contribution in [3.05, 3.63) is 33.8 Å². The van der Waals surface area contributed by atoms with Crippen LogP contribution in [-0.4, -0.2) is 11.9 Å². The highest BCUT2D eigenvalue weighted by atomic mass is 35.5. The molecule has 1 amide bonds. The fraction of sp³-hybridized carbons (Fsp3) is 0.417. The van der Waals surface area contributed by atoms with Crippen molar-refractivity contribution in [2.24, 2.45) is 0 Å². The van der Waals surface area contributed by atoms with Gasteiger partial charge in [0.2, 0.25) is 0 Å². The molecule has 1 atom stereocenters. The van der Waals surface area contributed by atoms with Crippen LogP contribution in [0.1, 0.15) is 37.0 Å². The fourth-order valence-corrected chi connectivity index (χ4v) is 1.97. The fourth-order valence-electron chi connectivity index (χ4n) is 1.48. The van der Waals surface area contributed by atoms with Gasteiger partial charge in [0, 0.05) is 11.1 Å². The van der Waals surface area contributed by atoms with Crippen LogP contribution in [0.2, 0.25) is 10.0 Å². The monoisotopic (exact) mass is 259 g/mol. The number of benzene rings is 1. The van der Waals surface area contributed by atoms with Crippen molar-refractivity contribution >= 4 is 29.1 Å². The lowest BCUT2D eigenvalue weighted by atomic mass is 10.1. The van der Waals surface area contributed by atoms with Crippen LogP contribution >= 0.6 is 23.2 Å². The molecule has 4 heteroatoms. The van der Waals surface area contributed by atoms with Crippen LogP contribution in [0.4, 0.5) is 0 Å². The van der Waals surface area contributed by atoms with Gasteiger partial charge in [0.15, 0.2) is 0 Å². The van der Waals surface area contributed by atoms with E-state index in [-0.39, 0.29) is 11.9 Å². The molecule has 0 saturated carbocycles. The van der Waals surface area contributed by atoms with Crippen LogP contribution in [0.5, 0.6) is 0 Å². The molecule has 0 aromatic heterocycles. The minimum atomic E-state index is -0.150. The van der Waals surface area contributed by atoms with E-state index >= 15 is 0 Å². The molecule has 0 aliphatic rings. The first kappa shape index (κ1) is 13.3. The molecule has 0 aliphatic carbocycles. The number of nitrogens with one attached hydrogen (secondary N) is 1. The summed E-state index contributed by atoms with van der Waals surface area (Å²) in [4.78, 5) is 11.8. The van der Waals surface area contributed by atoms with E-state index in [0.717, 1.165) is 12.8 Å². The van der Waals surface area contributed by atoms with E-state index in [0.29, 0.717) is 15.6 Å². The summed E-state index contributed by atoms with van der Waals surface area (Å²) < 4.78 is 0. The Kier molecular flexibility index (Phi) is 5.10. The number of amides is 1. The van der Waals surface area contributed by atoms with Gasteiger partial charge < -0.3 is 5.32 Å². The maximum atomic E-state index is 11.8. The third kappa shape index (κ3) is 3.69. The SMILES string of the molecule is CCC[C@@H](C)NC(=O)c1ccc(Cl)cc1Cl. The quantitative estimate of drug-likeness (QED) is 0.873. The highest BCUT2D eigenvalue weighted by molar-refractivity contribution is 6.36. The zero-order chi connectivity index (χ0) is 12.1. The number of carbonyl (C=O) groups excluding carboxylic acids is 1. The lowest BCUT2D eigenvalue weighted by Gasteiger charge is -2.13. The van der Waals surface area contributed by atoms with E-state index in [1.807, 2.05) is 6.92 Å². The molecular weight excluding hydrogens is 245 g/mol. The number of halogens is 2. The van der Waals surface area contributed by atoms with Crippen LogP contribution in [0.25, 0.3) is 0 Å². The van der Waals surface area contributed by atoms with Gasteiger partial charge in [0.25, 0.3) is 5.91 Å². The van der Waals surface area contributed by atoms with Gasteiger partial charge in [-0.3, -0.25) is 4.79 Å². The Hall–Kier alpha value is -0.730. The first-order valence-corrected chi connectivity index (χ1v) is 6.06. The normalized spacial score (nSPS) is 12.2. The molecule has 88 valence electrons. The summed E-state index contributed by atoms with van der Waals surface area (Å²) in [7, 11) is 0. The lowest BCUT2D eigenvalue weighted by molar-refractivity contribution is 0.0938. The third-order valence-electron chi connectivity index (χ3n) is 2.27. The molecule has 1 N–H and O–H groups in total. The maximum Gasteiger partial charge on any atom is 0.253 e. The summed E-state index contributed by atoms with van der Waals surface area (Å²) in [5, 5.41) is 3.80. The Bertz CT molecular complexity index is 379. The molecule has 0 bridgehead atoms. The van der Waals surface area contributed by atoms with Crippen LogP contribution in [-0.2, 0) is 0 Å². The molecule has 0 spiro atoms. The number of carbonyl (C=O) groups is 1. The summed E-state index contributed by atoms with van der Waals surface area (Å²) in [6, 6.07) is 5.03. The number of hydrogen-bond acceptors (Lipinski definition) is 1. The Morgan fingerprint density at radius 3 is 2.69 bits per heavy atom. The molecular formula is C12H15Cl2NO. The van der Waals surface area contributed by atoms with Gasteiger partial charge in [-0.05, 0) is 31.5 Å². The summed E-state index contributed by atoms with van der Waals surface area (Å²) in [5.41, 5.74) is 0.467. The Morgan fingerprint density at radius 2 is 2.12 bits per heavy atom. The van der Waals surface area contributed by atoms with Crippen molar-refractivity contribution in [1.82, 2.24) is 5.32 Å². The molecule has 0 saturated heterocycles. The summed E-state index contributed by atoms with van der Waals surface area (Å²) in [6.07, 6.45) is 1.99. The Morgan fingerprint density at radius 1 is 1.44 bits per heavy atom. The van der Waals surface area contributed by atoms with Gasteiger partial charge in [-0.25, -0.2) is 0 Å². The van der Waals surface area contributed by atoms with Crippen molar-refractivity contribution in [3.63, 3.8) is 0 Å². The molecule has 2 nitrogen and oxygen atoms in total. The van der Waals surface area contributed by atoms with Gasteiger partial charge in [-0.2, -0.15) is 0 Å². The molecule has 16 heavy (non-hydrogen) atoms. The van der Waals surface area contributed by atoms with Gasteiger partial charge in [0.05, 0.1) is 10.6 Å². The highest BCUT2D eigenvalue weighted by Gasteiger charge is 2.12. The van der Waals surface area contributed by atoms with E-state index < -0.39 is 0 Å². The largest absolute Gasteiger partial charge is 0.350 e. The molecule has 1 aromatic rings. The van der Waals surface area contributed by atoms with Gasteiger partial charge in [-0.1, -0.05) is 36.5 Å². The Labute approximate surface area is 106 Å². The second kappa shape index (κ2) is 6.12. The van der Waals surface area contributed by atoms with E-state index in [1.54, 1.807) is 18.2 Å². The molecule has 0 fully saturated rings. The van der Waals surface area contributed by atoms with Crippen molar-refractivity contribution in [2.45, 2.75) is 32.7 Å². The van der Waals surface area contributed by atoms with Crippen LogP contribution in [0, 0.1) is 0 Å². The molecule has 0 unspecified atom stereocenters. The Balaban J connectivity index is 2.73. The molecule has 1 aromatic carbocycles. The van der Waals surface area contributed by atoms with Crippen LogP contribution in [0.3, 0.4) is 0 Å². The number of hydrogen-bond donors (Lipinski definition) is 1. The van der Waals surface area contributed by atoms with Gasteiger partial charge >= 0.3 is 0 Å². The van der Waals surface area contributed by atoms with E-state index in [9.17, 15) is 4.79 Å². The maximum absolute atomic E-state index is 11.8. The second-order valence-corrected chi connectivity index (χ2v) is 4.63. The summed E-state index contributed by atoms with van der Waals surface area (Å²) in [5.74, 6) is -0.150. The van der Waals surface area contributed by atoms with Crippen molar-refractivity contribution in [1.29, 1.82) is 0 Å². The van der Waals surface area contributed by atoms with Crippen molar-refractivity contribution in [3.8, 4) is 0 Å². The van der Waals surface area contributed by atoms with Crippen LogP contribution < -0.4 is 5.32 Å². The lowest BCUT2D eigenvalue weighted by Crippen LogP contribution is -2.32. The predicted molar refractivity (Wildman–Crippen MR) is 68.3 cm³/mol. The van der Waals surface area contributed by atoms with Gasteiger partial charge in [-0.15, -0.1) is 0 Å². The average Bonchev–Trinajstić information content (AvgIpc) is 2.17. The molecule has 0 radical (unpaired) electrons. The zero-order valence-electron chi connectivity index (χ0n) is 9.39. The average molecular weight is 260 g/mol. The van der Waals surface area contributed by atoms with E-state index in [1.165, 1.54) is 0 Å². The third-order valence-corrected chi connectivity index (χ3v) is 2.82. The summed E-state index contributed by atoms with van der Waals surface area (Å²) in [6.45, 7) is 4.06. The van der Waals surface area contributed by atoms with E-state index in [2.05, 4.69) is 12.2 Å². The van der Waals surface area contributed by atoms with Crippen molar-refractivity contribution < 1.29 is 4.79 Å². The standard InChI is InChI=1S/C12H15Cl2NO/c1-3-4-8(2)15-12(16)10-6-5-9(13)7-11(10)14/h5-8H,3-4H2,1-2H3,(H,15,16)/t8-/m1/s1. The van der Waals surface area contributed by atoms with Crippen LogP contribution in [0.15, 0.2) is 18.2 Å². The molecule has 0 heterocycles. The van der Waals surface area contributed by atoms with E-state index in [4.69, 9.17) is 23.2 Å². The first-order valence-electron chi connectivity index (χ1n) is 5.30. The zero-order valence-corrected chi connectivity index (χ0v) is 10.9. The smallest absolute Gasteiger partial charge is 0.253 e. The second-order valence-electron chi connectivity index (χ2n) is 3.79. The number of rotatable bonds is 4. The van der Waals surface area contributed by atoms with Crippen molar-refractivity contribution in [2.75, 3.05) is 0 Å². The molecule has 0 aliphatic heterocycles. The predicted octanol–water partition coefficient (Wildman–Crippen LogP) is 3.91. The first-order chi connectivity index (χ1) is 7.54. The molecule has 1 rings (SSSR count). The minimum Gasteiger partial charge on any atom is -0.350 e. The highest BCUT2D eigenvalue weighted by Crippen LogP contribution is 2.20. The minimum absolute atomic E-state index is 0.150. The summed E-state index contributed by atoms with van der Waals surface area (Å²) >= 11 is 11.7. The van der Waals surface area contributed by atoms with Gasteiger partial charge in [0.1, 0.15) is 0 Å². The topological polar surface area (TPSA) is 29.1 Å².